The Morgan fingerprint density at radius 3 is 2.60 bits per heavy atom. The van der Waals surface area contributed by atoms with Gasteiger partial charge >= 0.3 is 5.97 Å². The number of hydrogen-bond donors (Lipinski definition) is 1. The molecule has 20 heavy (non-hydrogen) atoms. The van der Waals surface area contributed by atoms with Gasteiger partial charge in [0.05, 0.1) is 0 Å². The van der Waals surface area contributed by atoms with Crippen LogP contribution >= 0.6 is 11.3 Å². The molecule has 0 amide bonds. The van der Waals surface area contributed by atoms with Crippen LogP contribution in [0.15, 0.2) is 40.9 Å². The molecular weight excluding hydrogens is 300 g/mol. The molecule has 0 aromatic carbocycles. The van der Waals surface area contributed by atoms with Gasteiger partial charge in [0, 0.05) is 26.0 Å². The Balaban J connectivity index is 2.30. The predicted molar refractivity (Wildman–Crippen MR) is 74.2 cm³/mol. The second kappa shape index (κ2) is 5.70. The summed E-state index contributed by atoms with van der Waals surface area (Å²) in [6.45, 7) is 0.153. The molecular formula is C12H12N2O4S2. The Labute approximate surface area is 120 Å². The summed E-state index contributed by atoms with van der Waals surface area (Å²) in [6.07, 6.45) is 3.14. The van der Waals surface area contributed by atoms with Crippen molar-refractivity contribution in [2.24, 2.45) is 0 Å². The fourth-order valence-corrected chi connectivity index (χ4v) is 4.04. The molecule has 0 aliphatic rings. The second-order valence-electron chi connectivity index (χ2n) is 4.04. The lowest BCUT2D eigenvalue weighted by Gasteiger charge is -2.16. The predicted octanol–water partition coefficient (Wildman–Crippen LogP) is 1.66. The zero-order chi connectivity index (χ0) is 14.8. The number of aromatic carboxylic acids is 1. The lowest BCUT2D eigenvalue weighted by molar-refractivity contribution is 0.0698. The lowest BCUT2D eigenvalue weighted by Crippen LogP contribution is -2.27. The molecule has 0 saturated carbocycles. The molecule has 8 heteroatoms. The van der Waals surface area contributed by atoms with Crippen LogP contribution in [0.3, 0.4) is 0 Å². The van der Waals surface area contributed by atoms with Crippen LogP contribution in [-0.2, 0) is 16.6 Å². The number of carboxylic acid groups (broad SMARTS) is 1. The van der Waals surface area contributed by atoms with Crippen LogP contribution in [0.5, 0.6) is 0 Å². The minimum atomic E-state index is -3.83. The SMILES string of the molecule is CN(Cc1ccncc1)S(=O)(=O)c1ccsc1C(=O)O. The summed E-state index contributed by atoms with van der Waals surface area (Å²) in [5, 5.41) is 10.5. The van der Waals surface area contributed by atoms with Gasteiger partial charge in [0.25, 0.3) is 0 Å². The van der Waals surface area contributed by atoms with Crippen LogP contribution in [0, 0.1) is 0 Å². The van der Waals surface area contributed by atoms with Crippen molar-refractivity contribution < 1.29 is 18.3 Å². The van der Waals surface area contributed by atoms with Crippen molar-refractivity contribution >= 4 is 27.3 Å². The maximum Gasteiger partial charge on any atom is 0.347 e. The van der Waals surface area contributed by atoms with E-state index in [9.17, 15) is 13.2 Å². The largest absolute Gasteiger partial charge is 0.477 e. The summed E-state index contributed by atoms with van der Waals surface area (Å²) in [5.41, 5.74) is 0.776. The fraction of sp³-hybridized carbons (Fsp3) is 0.167. The van der Waals surface area contributed by atoms with E-state index >= 15 is 0 Å². The van der Waals surface area contributed by atoms with Crippen molar-refractivity contribution in [3.05, 3.63) is 46.4 Å². The Kier molecular flexibility index (Phi) is 4.17. The molecule has 0 radical (unpaired) electrons. The highest BCUT2D eigenvalue weighted by atomic mass is 32.2. The molecule has 106 valence electrons. The quantitative estimate of drug-likeness (QED) is 0.907. The van der Waals surface area contributed by atoms with E-state index < -0.39 is 16.0 Å². The van der Waals surface area contributed by atoms with Gasteiger partial charge in [-0.2, -0.15) is 4.31 Å². The molecule has 2 aromatic heterocycles. The molecule has 6 nitrogen and oxygen atoms in total. The zero-order valence-electron chi connectivity index (χ0n) is 10.6. The third kappa shape index (κ3) is 2.87. The highest BCUT2D eigenvalue weighted by Crippen LogP contribution is 2.25. The number of pyridine rings is 1. The first-order valence-electron chi connectivity index (χ1n) is 5.59. The number of thiophene rings is 1. The number of hydrogen-bond acceptors (Lipinski definition) is 5. The smallest absolute Gasteiger partial charge is 0.347 e. The molecule has 2 aromatic rings. The maximum absolute atomic E-state index is 12.4. The monoisotopic (exact) mass is 312 g/mol. The maximum atomic E-state index is 12.4. The molecule has 0 atom stereocenters. The highest BCUT2D eigenvalue weighted by molar-refractivity contribution is 7.89. The molecule has 1 N–H and O–H groups in total. The number of aromatic nitrogens is 1. The Bertz CT molecular complexity index is 710. The van der Waals surface area contributed by atoms with Crippen LogP contribution in [0.2, 0.25) is 0 Å². The second-order valence-corrected chi connectivity index (χ2v) is 6.97. The third-order valence-electron chi connectivity index (χ3n) is 2.67. The Morgan fingerprint density at radius 1 is 1.35 bits per heavy atom. The molecule has 0 bridgehead atoms. The van der Waals surface area contributed by atoms with Crippen LogP contribution in [0.4, 0.5) is 0 Å². The average Bonchev–Trinajstić information content (AvgIpc) is 2.89. The van der Waals surface area contributed by atoms with Gasteiger partial charge in [-0.1, -0.05) is 0 Å². The standard InChI is InChI=1S/C12H12N2O4S2/c1-14(8-9-2-5-13-6-3-9)20(17,18)10-4-7-19-11(10)12(15)16/h2-7H,8H2,1H3,(H,15,16). The molecule has 2 heterocycles. The van der Waals surface area contributed by atoms with Crippen LogP contribution in [-0.4, -0.2) is 35.8 Å². The Morgan fingerprint density at radius 2 is 2.00 bits per heavy atom. The number of sulfonamides is 1. The summed E-state index contributed by atoms with van der Waals surface area (Å²) in [7, 11) is -2.41. The van der Waals surface area contributed by atoms with E-state index in [4.69, 9.17) is 5.11 Å². The number of nitrogens with zero attached hydrogens (tertiary/aromatic N) is 2. The molecule has 0 spiro atoms. The van der Waals surface area contributed by atoms with Crippen molar-refractivity contribution in [2.45, 2.75) is 11.4 Å². The van der Waals surface area contributed by atoms with Gasteiger partial charge in [0.2, 0.25) is 10.0 Å². The van der Waals surface area contributed by atoms with Crippen molar-refractivity contribution in [1.29, 1.82) is 0 Å². The van der Waals surface area contributed by atoms with E-state index in [2.05, 4.69) is 4.98 Å². The summed E-state index contributed by atoms with van der Waals surface area (Å²) in [5.74, 6) is -1.24. The van der Waals surface area contributed by atoms with E-state index in [1.165, 1.54) is 18.5 Å². The number of carboxylic acids is 1. The summed E-state index contributed by atoms with van der Waals surface area (Å²) < 4.78 is 25.9. The van der Waals surface area contributed by atoms with Crippen molar-refractivity contribution in [3.63, 3.8) is 0 Å². The van der Waals surface area contributed by atoms with Gasteiger partial charge in [-0.15, -0.1) is 11.3 Å². The van der Waals surface area contributed by atoms with E-state index in [0.717, 1.165) is 21.2 Å². The zero-order valence-corrected chi connectivity index (χ0v) is 12.2. The molecule has 0 aliphatic carbocycles. The fourth-order valence-electron chi connectivity index (χ4n) is 1.65. The molecule has 0 fully saturated rings. The molecule has 0 unspecified atom stereocenters. The lowest BCUT2D eigenvalue weighted by atomic mass is 10.3. The summed E-state index contributed by atoms with van der Waals surface area (Å²) in [4.78, 5) is 14.5. The van der Waals surface area contributed by atoms with E-state index in [0.29, 0.717) is 0 Å². The first kappa shape index (κ1) is 14.6. The molecule has 2 rings (SSSR count). The van der Waals surface area contributed by atoms with Crippen molar-refractivity contribution in [3.8, 4) is 0 Å². The summed E-state index contributed by atoms with van der Waals surface area (Å²) in [6, 6.07) is 4.72. The van der Waals surface area contributed by atoms with Gasteiger partial charge in [-0.25, -0.2) is 13.2 Å². The van der Waals surface area contributed by atoms with Crippen molar-refractivity contribution in [2.75, 3.05) is 7.05 Å². The molecule has 0 saturated heterocycles. The van der Waals surface area contributed by atoms with Gasteiger partial charge in [0.15, 0.2) is 0 Å². The van der Waals surface area contributed by atoms with Crippen molar-refractivity contribution in [1.82, 2.24) is 9.29 Å². The van der Waals surface area contributed by atoms with Gasteiger partial charge < -0.3 is 5.11 Å². The number of carbonyl (C=O) groups is 1. The minimum Gasteiger partial charge on any atom is -0.477 e. The van der Waals surface area contributed by atoms with E-state index in [-0.39, 0.29) is 16.3 Å². The van der Waals surface area contributed by atoms with Crippen LogP contribution in [0.1, 0.15) is 15.2 Å². The first-order chi connectivity index (χ1) is 9.43. The first-order valence-corrected chi connectivity index (χ1v) is 7.91. The van der Waals surface area contributed by atoms with E-state index in [1.54, 1.807) is 24.5 Å². The minimum absolute atomic E-state index is 0.153. The third-order valence-corrected chi connectivity index (χ3v) is 5.54. The normalized spacial score (nSPS) is 11.7. The highest BCUT2D eigenvalue weighted by Gasteiger charge is 2.27. The summed E-state index contributed by atoms with van der Waals surface area (Å²) >= 11 is 0.893. The number of rotatable bonds is 5. The van der Waals surface area contributed by atoms with Crippen LogP contribution < -0.4 is 0 Å². The molecule has 0 aliphatic heterocycles. The van der Waals surface area contributed by atoms with Gasteiger partial charge in [0.1, 0.15) is 9.77 Å². The van der Waals surface area contributed by atoms with Gasteiger partial charge in [-0.05, 0) is 29.1 Å². The Hall–Kier alpha value is -1.77. The van der Waals surface area contributed by atoms with Gasteiger partial charge in [-0.3, -0.25) is 4.98 Å². The average molecular weight is 312 g/mol. The topological polar surface area (TPSA) is 87.6 Å². The van der Waals surface area contributed by atoms with E-state index in [1.807, 2.05) is 0 Å². The van der Waals surface area contributed by atoms with Crippen LogP contribution in [0.25, 0.3) is 0 Å².